The van der Waals surface area contributed by atoms with Crippen molar-refractivity contribution in [1.29, 1.82) is 0 Å². The van der Waals surface area contributed by atoms with Gasteiger partial charge in [0, 0.05) is 13.2 Å². The SMILES string of the molecule is CC1(C)CC(CCCCO)CCO1. The summed E-state index contributed by atoms with van der Waals surface area (Å²) in [5.74, 6) is 0.815. The molecule has 1 aliphatic rings. The summed E-state index contributed by atoms with van der Waals surface area (Å²) < 4.78 is 5.65. The highest BCUT2D eigenvalue weighted by Crippen LogP contribution is 2.31. The van der Waals surface area contributed by atoms with Crippen molar-refractivity contribution < 1.29 is 9.84 Å². The molecule has 0 spiro atoms. The van der Waals surface area contributed by atoms with Crippen molar-refractivity contribution in [2.45, 2.75) is 51.6 Å². The molecule has 0 amide bonds. The van der Waals surface area contributed by atoms with Gasteiger partial charge in [0.15, 0.2) is 0 Å². The Morgan fingerprint density at radius 2 is 2.15 bits per heavy atom. The van der Waals surface area contributed by atoms with Crippen LogP contribution in [0.25, 0.3) is 0 Å². The van der Waals surface area contributed by atoms with E-state index < -0.39 is 0 Å². The molecule has 1 atom stereocenters. The molecule has 1 heterocycles. The molecule has 0 aromatic heterocycles. The van der Waals surface area contributed by atoms with Gasteiger partial charge in [0.25, 0.3) is 0 Å². The predicted octanol–water partition coefficient (Wildman–Crippen LogP) is 2.35. The first kappa shape index (κ1) is 11.0. The number of aliphatic hydroxyl groups excluding tert-OH is 1. The lowest BCUT2D eigenvalue weighted by Crippen LogP contribution is -2.33. The predicted molar refractivity (Wildman–Crippen MR) is 53.7 cm³/mol. The van der Waals surface area contributed by atoms with Crippen LogP contribution >= 0.6 is 0 Å². The van der Waals surface area contributed by atoms with E-state index in [0.29, 0.717) is 6.61 Å². The summed E-state index contributed by atoms with van der Waals surface area (Å²) in [4.78, 5) is 0. The van der Waals surface area contributed by atoms with Crippen molar-refractivity contribution in [3.05, 3.63) is 0 Å². The van der Waals surface area contributed by atoms with Gasteiger partial charge in [0.05, 0.1) is 5.60 Å². The molecule has 1 aliphatic heterocycles. The summed E-state index contributed by atoms with van der Waals surface area (Å²) in [6.07, 6.45) is 5.76. The number of rotatable bonds is 4. The van der Waals surface area contributed by atoms with E-state index in [0.717, 1.165) is 25.4 Å². The van der Waals surface area contributed by atoms with E-state index in [2.05, 4.69) is 13.8 Å². The van der Waals surface area contributed by atoms with Crippen molar-refractivity contribution in [1.82, 2.24) is 0 Å². The lowest BCUT2D eigenvalue weighted by atomic mass is 9.85. The number of unbranched alkanes of at least 4 members (excludes halogenated alkanes) is 1. The molecule has 1 rings (SSSR count). The van der Waals surface area contributed by atoms with Crippen LogP contribution in [0.4, 0.5) is 0 Å². The van der Waals surface area contributed by atoms with Crippen LogP contribution in [-0.2, 0) is 4.74 Å². The summed E-state index contributed by atoms with van der Waals surface area (Å²) in [5.41, 5.74) is 0.0854. The van der Waals surface area contributed by atoms with Crippen LogP contribution in [-0.4, -0.2) is 23.9 Å². The zero-order valence-electron chi connectivity index (χ0n) is 8.88. The van der Waals surface area contributed by atoms with Gasteiger partial charge in [-0.15, -0.1) is 0 Å². The molecule has 0 aliphatic carbocycles. The topological polar surface area (TPSA) is 29.5 Å². The van der Waals surface area contributed by atoms with Crippen LogP contribution in [0.15, 0.2) is 0 Å². The third-order valence-corrected chi connectivity index (χ3v) is 2.82. The molecule has 2 heteroatoms. The van der Waals surface area contributed by atoms with Gasteiger partial charge in [-0.05, 0) is 39.0 Å². The van der Waals surface area contributed by atoms with E-state index >= 15 is 0 Å². The third-order valence-electron chi connectivity index (χ3n) is 2.82. The lowest BCUT2D eigenvalue weighted by Gasteiger charge is -2.35. The van der Waals surface area contributed by atoms with Crippen LogP contribution in [0.1, 0.15) is 46.0 Å². The zero-order valence-corrected chi connectivity index (χ0v) is 8.88. The molecule has 0 aromatic rings. The fourth-order valence-electron chi connectivity index (χ4n) is 2.15. The van der Waals surface area contributed by atoms with Gasteiger partial charge in [0.1, 0.15) is 0 Å². The molecule has 0 aromatic carbocycles. The van der Waals surface area contributed by atoms with E-state index in [1.807, 2.05) is 0 Å². The van der Waals surface area contributed by atoms with E-state index in [9.17, 15) is 0 Å². The van der Waals surface area contributed by atoms with E-state index in [1.165, 1.54) is 19.3 Å². The van der Waals surface area contributed by atoms with Crippen LogP contribution < -0.4 is 0 Å². The molecular weight excluding hydrogens is 164 g/mol. The Balaban J connectivity index is 2.19. The van der Waals surface area contributed by atoms with Crippen molar-refractivity contribution in [2.24, 2.45) is 5.92 Å². The van der Waals surface area contributed by atoms with Crippen molar-refractivity contribution in [3.63, 3.8) is 0 Å². The van der Waals surface area contributed by atoms with Gasteiger partial charge in [-0.2, -0.15) is 0 Å². The molecule has 13 heavy (non-hydrogen) atoms. The highest BCUT2D eigenvalue weighted by Gasteiger charge is 2.28. The van der Waals surface area contributed by atoms with E-state index in [4.69, 9.17) is 9.84 Å². The molecule has 1 unspecified atom stereocenters. The summed E-state index contributed by atoms with van der Waals surface area (Å²) in [7, 11) is 0. The first-order valence-electron chi connectivity index (χ1n) is 5.39. The zero-order chi connectivity index (χ0) is 9.73. The highest BCUT2D eigenvalue weighted by atomic mass is 16.5. The van der Waals surface area contributed by atoms with Crippen molar-refractivity contribution >= 4 is 0 Å². The maximum absolute atomic E-state index is 8.67. The molecule has 2 nitrogen and oxygen atoms in total. The Morgan fingerprint density at radius 3 is 2.77 bits per heavy atom. The molecule has 1 fully saturated rings. The molecule has 1 saturated heterocycles. The highest BCUT2D eigenvalue weighted by molar-refractivity contribution is 4.78. The normalized spacial score (nSPS) is 27.5. The molecule has 0 radical (unpaired) electrons. The smallest absolute Gasteiger partial charge is 0.0629 e. The van der Waals surface area contributed by atoms with Gasteiger partial charge in [0.2, 0.25) is 0 Å². The van der Waals surface area contributed by atoms with Crippen molar-refractivity contribution in [2.75, 3.05) is 13.2 Å². The molecule has 0 bridgehead atoms. The second kappa shape index (κ2) is 4.97. The monoisotopic (exact) mass is 186 g/mol. The summed E-state index contributed by atoms with van der Waals surface area (Å²) in [6.45, 7) is 5.60. The van der Waals surface area contributed by atoms with Crippen LogP contribution in [0.2, 0.25) is 0 Å². The van der Waals surface area contributed by atoms with Crippen molar-refractivity contribution in [3.8, 4) is 0 Å². The molecule has 0 saturated carbocycles. The molecule has 78 valence electrons. The van der Waals surface area contributed by atoms with Crippen LogP contribution in [0.3, 0.4) is 0 Å². The summed E-state index contributed by atoms with van der Waals surface area (Å²) in [6, 6.07) is 0. The number of aliphatic hydroxyl groups is 1. The first-order chi connectivity index (χ1) is 6.14. The van der Waals surface area contributed by atoms with Gasteiger partial charge in [-0.3, -0.25) is 0 Å². The third kappa shape index (κ3) is 4.10. The van der Waals surface area contributed by atoms with Crippen LogP contribution in [0.5, 0.6) is 0 Å². The second-order valence-electron chi connectivity index (χ2n) is 4.69. The fourth-order valence-corrected chi connectivity index (χ4v) is 2.15. The number of ether oxygens (including phenoxy) is 1. The fraction of sp³-hybridized carbons (Fsp3) is 1.00. The average molecular weight is 186 g/mol. The maximum atomic E-state index is 8.67. The second-order valence-corrected chi connectivity index (χ2v) is 4.69. The quantitative estimate of drug-likeness (QED) is 0.683. The summed E-state index contributed by atoms with van der Waals surface area (Å²) in [5, 5.41) is 8.67. The standard InChI is InChI=1S/C11H22O2/c1-11(2)9-10(6-8-13-11)5-3-4-7-12/h10,12H,3-9H2,1-2H3. The minimum atomic E-state index is 0.0854. The van der Waals surface area contributed by atoms with Gasteiger partial charge in [-0.1, -0.05) is 12.8 Å². The van der Waals surface area contributed by atoms with E-state index in [-0.39, 0.29) is 5.60 Å². The average Bonchev–Trinajstić information content (AvgIpc) is 2.03. The molecular formula is C11H22O2. The molecule has 1 N–H and O–H groups in total. The Bertz CT molecular complexity index is 143. The number of hydrogen-bond donors (Lipinski definition) is 1. The Labute approximate surface area is 81.3 Å². The Morgan fingerprint density at radius 1 is 1.38 bits per heavy atom. The van der Waals surface area contributed by atoms with Gasteiger partial charge in [-0.25, -0.2) is 0 Å². The Hall–Kier alpha value is -0.0800. The minimum absolute atomic E-state index is 0.0854. The minimum Gasteiger partial charge on any atom is -0.396 e. The first-order valence-corrected chi connectivity index (χ1v) is 5.39. The Kier molecular flexibility index (Phi) is 4.20. The lowest BCUT2D eigenvalue weighted by molar-refractivity contribution is -0.0738. The van der Waals surface area contributed by atoms with Gasteiger partial charge < -0.3 is 9.84 Å². The van der Waals surface area contributed by atoms with E-state index in [1.54, 1.807) is 0 Å². The summed E-state index contributed by atoms with van der Waals surface area (Å²) >= 11 is 0. The number of hydrogen-bond acceptors (Lipinski definition) is 2. The maximum Gasteiger partial charge on any atom is 0.0629 e. The van der Waals surface area contributed by atoms with Crippen LogP contribution in [0, 0.1) is 5.92 Å². The largest absolute Gasteiger partial charge is 0.396 e. The van der Waals surface area contributed by atoms with Gasteiger partial charge >= 0.3 is 0 Å².